The Morgan fingerprint density at radius 3 is 2.42 bits per heavy atom. The van der Waals surface area contributed by atoms with Crippen LogP contribution in [-0.2, 0) is 0 Å². The first-order valence-electron chi connectivity index (χ1n) is 9.20. The van der Waals surface area contributed by atoms with Crippen LogP contribution >= 0.6 is 0 Å². The van der Waals surface area contributed by atoms with Crippen molar-refractivity contribution in [1.29, 1.82) is 0 Å². The molecule has 2 aliphatic rings. The Bertz CT molecular complexity index is 1020. The highest BCUT2D eigenvalue weighted by Gasteiger charge is 2.34. The lowest BCUT2D eigenvalue weighted by Gasteiger charge is -2.33. The molecule has 2 heterocycles. The number of hydrogen-bond acceptors (Lipinski definition) is 4. The molecule has 0 spiro atoms. The summed E-state index contributed by atoms with van der Waals surface area (Å²) in [6.07, 6.45) is 1.91. The van der Waals surface area contributed by atoms with Gasteiger partial charge in [0.05, 0.1) is 5.52 Å². The third-order valence-corrected chi connectivity index (χ3v) is 5.71. The van der Waals surface area contributed by atoms with Crippen LogP contribution in [0.15, 0.2) is 48.5 Å². The highest BCUT2D eigenvalue weighted by Crippen LogP contribution is 2.45. The van der Waals surface area contributed by atoms with Crippen LogP contribution in [0.25, 0.3) is 22.0 Å². The van der Waals surface area contributed by atoms with E-state index in [1.807, 2.05) is 48.5 Å². The maximum atomic E-state index is 13.2. The van der Waals surface area contributed by atoms with E-state index in [0.717, 1.165) is 64.9 Å². The molecule has 3 aromatic rings. The molecule has 26 heavy (non-hydrogen) atoms. The molecule has 0 saturated carbocycles. The molecule has 1 saturated heterocycles. The monoisotopic (exact) mass is 344 g/mol. The van der Waals surface area contributed by atoms with Gasteiger partial charge in [0.25, 0.3) is 0 Å². The molecular weight excluding hydrogens is 324 g/mol. The Morgan fingerprint density at radius 2 is 1.65 bits per heavy atom. The number of aromatic nitrogens is 1. The van der Waals surface area contributed by atoms with Gasteiger partial charge < -0.3 is 10.0 Å². The number of nitrogens with zero attached hydrogens (tertiary/aromatic N) is 2. The van der Waals surface area contributed by atoms with Gasteiger partial charge in [-0.3, -0.25) is 4.79 Å². The maximum absolute atomic E-state index is 13.2. The molecule has 0 atom stereocenters. The predicted molar refractivity (Wildman–Crippen MR) is 103 cm³/mol. The Labute approximate surface area is 152 Å². The molecule has 0 amide bonds. The SMILES string of the molecule is O=C1c2ccccc2-c2c(N3CCC(CO)CC3)nc3ccccc3c21. The molecule has 4 nitrogen and oxygen atoms in total. The number of hydrogen-bond donors (Lipinski definition) is 1. The number of para-hydroxylation sites is 1. The van der Waals surface area contributed by atoms with Crippen molar-refractivity contribution in [2.24, 2.45) is 5.92 Å². The number of aliphatic hydroxyl groups is 1. The van der Waals surface area contributed by atoms with Gasteiger partial charge in [0.2, 0.25) is 0 Å². The highest BCUT2D eigenvalue weighted by molar-refractivity contribution is 6.28. The van der Waals surface area contributed by atoms with Gasteiger partial charge in [0.1, 0.15) is 5.82 Å². The summed E-state index contributed by atoms with van der Waals surface area (Å²) >= 11 is 0. The summed E-state index contributed by atoms with van der Waals surface area (Å²) in [5, 5.41) is 10.4. The van der Waals surface area contributed by atoms with E-state index in [9.17, 15) is 9.90 Å². The topological polar surface area (TPSA) is 53.4 Å². The third kappa shape index (κ3) is 2.19. The van der Waals surface area contributed by atoms with Crippen LogP contribution < -0.4 is 4.90 Å². The van der Waals surface area contributed by atoms with Crippen LogP contribution in [0.3, 0.4) is 0 Å². The molecule has 0 bridgehead atoms. The first kappa shape index (κ1) is 15.5. The Balaban J connectivity index is 1.74. The molecule has 0 unspecified atom stereocenters. The van der Waals surface area contributed by atoms with Gasteiger partial charge in [0, 0.05) is 41.8 Å². The summed E-state index contributed by atoms with van der Waals surface area (Å²) in [6, 6.07) is 15.8. The second-order valence-electron chi connectivity index (χ2n) is 7.19. The van der Waals surface area contributed by atoms with Crippen molar-refractivity contribution in [2.45, 2.75) is 12.8 Å². The standard InChI is InChI=1S/C22H20N2O2/c25-13-14-9-11-24(12-10-14)22-20-15-5-1-2-6-16(15)21(26)19(20)17-7-3-4-8-18(17)23-22/h1-8,14,25H,9-13H2. The van der Waals surface area contributed by atoms with E-state index in [0.29, 0.717) is 5.92 Å². The van der Waals surface area contributed by atoms with Gasteiger partial charge >= 0.3 is 0 Å². The maximum Gasteiger partial charge on any atom is 0.195 e. The van der Waals surface area contributed by atoms with Crippen LogP contribution in [-0.4, -0.2) is 35.6 Å². The fourth-order valence-corrected chi connectivity index (χ4v) is 4.28. The van der Waals surface area contributed by atoms with Crippen molar-refractivity contribution in [1.82, 2.24) is 4.98 Å². The molecule has 1 aliphatic heterocycles. The first-order chi connectivity index (χ1) is 12.8. The zero-order valence-electron chi connectivity index (χ0n) is 14.5. The van der Waals surface area contributed by atoms with E-state index < -0.39 is 0 Å². The van der Waals surface area contributed by atoms with E-state index in [2.05, 4.69) is 4.90 Å². The summed E-state index contributed by atoms with van der Waals surface area (Å²) < 4.78 is 0. The van der Waals surface area contributed by atoms with Crippen molar-refractivity contribution >= 4 is 22.5 Å². The lowest BCUT2D eigenvalue weighted by atomic mass is 9.96. The third-order valence-electron chi connectivity index (χ3n) is 5.71. The number of anilines is 1. The smallest absolute Gasteiger partial charge is 0.195 e. The van der Waals surface area contributed by atoms with Crippen molar-refractivity contribution in [3.63, 3.8) is 0 Å². The van der Waals surface area contributed by atoms with Gasteiger partial charge in [-0.1, -0.05) is 42.5 Å². The Morgan fingerprint density at radius 1 is 0.962 bits per heavy atom. The minimum Gasteiger partial charge on any atom is -0.396 e. The second kappa shape index (κ2) is 5.92. The molecule has 2 aromatic carbocycles. The summed E-state index contributed by atoms with van der Waals surface area (Å²) in [5.74, 6) is 1.38. The van der Waals surface area contributed by atoms with Crippen LogP contribution in [0.5, 0.6) is 0 Å². The summed E-state index contributed by atoms with van der Waals surface area (Å²) in [6.45, 7) is 1.97. The number of ketones is 1. The van der Waals surface area contributed by atoms with E-state index in [-0.39, 0.29) is 12.4 Å². The molecule has 1 N–H and O–H groups in total. The number of aliphatic hydroxyl groups excluding tert-OH is 1. The molecule has 4 heteroatoms. The van der Waals surface area contributed by atoms with Crippen molar-refractivity contribution in [3.05, 3.63) is 59.7 Å². The highest BCUT2D eigenvalue weighted by atomic mass is 16.3. The van der Waals surface area contributed by atoms with Gasteiger partial charge in [-0.05, 0) is 30.4 Å². The number of pyridine rings is 1. The second-order valence-corrected chi connectivity index (χ2v) is 7.19. The van der Waals surface area contributed by atoms with E-state index in [1.165, 1.54) is 0 Å². The number of benzene rings is 2. The average Bonchev–Trinajstić information content (AvgIpc) is 3.01. The lowest BCUT2D eigenvalue weighted by molar-refractivity contribution is 0.104. The molecule has 5 rings (SSSR count). The van der Waals surface area contributed by atoms with Gasteiger partial charge in [-0.25, -0.2) is 4.98 Å². The van der Waals surface area contributed by atoms with E-state index in [4.69, 9.17) is 4.98 Å². The zero-order chi connectivity index (χ0) is 17.7. The van der Waals surface area contributed by atoms with Gasteiger partial charge in [-0.2, -0.15) is 0 Å². The fraction of sp³-hybridized carbons (Fsp3) is 0.273. The minimum absolute atomic E-state index is 0.0979. The average molecular weight is 344 g/mol. The summed E-state index contributed by atoms with van der Waals surface area (Å²) in [5.41, 5.74) is 4.40. The minimum atomic E-state index is 0.0979. The number of fused-ring (bicyclic) bond motifs is 5. The van der Waals surface area contributed by atoms with Crippen molar-refractivity contribution in [3.8, 4) is 11.1 Å². The number of carbonyl (C=O) groups is 1. The number of rotatable bonds is 2. The van der Waals surface area contributed by atoms with Crippen LogP contribution in [0, 0.1) is 5.92 Å². The zero-order valence-corrected chi connectivity index (χ0v) is 14.5. The van der Waals surface area contributed by atoms with Crippen LogP contribution in [0.2, 0.25) is 0 Å². The fourth-order valence-electron chi connectivity index (χ4n) is 4.28. The lowest BCUT2D eigenvalue weighted by Crippen LogP contribution is -2.35. The Hall–Kier alpha value is -2.72. The van der Waals surface area contributed by atoms with Crippen LogP contribution in [0.1, 0.15) is 28.8 Å². The van der Waals surface area contributed by atoms with Crippen molar-refractivity contribution in [2.75, 3.05) is 24.6 Å². The predicted octanol–water partition coefficient (Wildman–Crippen LogP) is 3.65. The first-order valence-corrected chi connectivity index (χ1v) is 9.20. The molecule has 0 radical (unpaired) electrons. The van der Waals surface area contributed by atoms with Gasteiger partial charge in [0.15, 0.2) is 5.78 Å². The molecular formula is C22H20N2O2. The summed E-state index contributed by atoms with van der Waals surface area (Å²) in [4.78, 5) is 20.4. The van der Waals surface area contributed by atoms with E-state index in [1.54, 1.807) is 0 Å². The largest absolute Gasteiger partial charge is 0.396 e. The number of piperidine rings is 1. The van der Waals surface area contributed by atoms with Crippen LogP contribution in [0.4, 0.5) is 5.82 Å². The van der Waals surface area contributed by atoms with Crippen molar-refractivity contribution < 1.29 is 9.90 Å². The molecule has 1 fully saturated rings. The number of carbonyl (C=O) groups excluding carboxylic acids is 1. The molecule has 130 valence electrons. The normalized spacial score (nSPS) is 16.8. The molecule has 1 aromatic heterocycles. The molecule has 1 aliphatic carbocycles. The Kier molecular flexibility index (Phi) is 3.54. The van der Waals surface area contributed by atoms with Gasteiger partial charge in [-0.15, -0.1) is 0 Å². The van der Waals surface area contributed by atoms with E-state index >= 15 is 0 Å². The quantitative estimate of drug-likeness (QED) is 0.603. The summed E-state index contributed by atoms with van der Waals surface area (Å²) in [7, 11) is 0.